The van der Waals surface area contributed by atoms with E-state index in [0.29, 0.717) is 23.0 Å². The van der Waals surface area contributed by atoms with Crippen molar-refractivity contribution in [1.29, 1.82) is 0 Å². The molecule has 0 heterocycles. The van der Waals surface area contributed by atoms with Crippen LogP contribution in [-0.4, -0.2) is 50.5 Å². The fraction of sp³-hybridized carbons (Fsp3) is 0.316. The fourth-order valence-electron chi connectivity index (χ4n) is 2.54. The van der Waals surface area contributed by atoms with E-state index in [0.717, 1.165) is 0 Å². The van der Waals surface area contributed by atoms with Gasteiger partial charge in [0.15, 0.2) is 23.0 Å². The van der Waals surface area contributed by atoms with Gasteiger partial charge in [0, 0.05) is 11.1 Å². The maximum atomic E-state index is 11.9. The molecule has 0 bridgehead atoms. The van der Waals surface area contributed by atoms with Gasteiger partial charge in [0.2, 0.25) is 5.60 Å². The predicted molar refractivity (Wildman–Crippen MR) is 105 cm³/mol. The van der Waals surface area contributed by atoms with E-state index in [2.05, 4.69) is 15.9 Å². The Labute approximate surface area is 166 Å². The van der Waals surface area contributed by atoms with Crippen molar-refractivity contribution in [2.45, 2.75) is 5.60 Å². The monoisotopic (exact) mass is 442 g/mol. The van der Waals surface area contributed by atoms with Crippen molar-refractivity contribution < 1.29 is 34.0 Å². The first-order chi connectivity index (χ1) is 12.9. The lowest BCUT2D eigenvalue weighted by Crippen LogP contribution is -2.36. The Hall–Kier alpha value is -2.45. The van der Waals surface area contributed by atoms with E-state index in [-0.39, 0.29) is 11.1 Å². The molecule has 0 saturated carbocycles. The molecule has 0 saturated heterocycles. The molecular weight excluding hydrogens is 420 g/mol. The highest BCUT2D eigenvalue weighted by atomic mass is 79.9. The maximum Gasteiger partial charge on any atom is 0.345 e. The summed E-state index contributed by atoms with van der Waals surface area (Å²) in [6.45, 7) is 0. The highest BCUT2D eigenvalue weighted by molar-refractivity contribution is 9.08. The number of carbonyl (C=O) groups is 1. The summed E-state index contributed by atoms with van der Waals surface area (Å²) in [6.07, 6.45) is 0. The first kappa shape index (κ1) is 22.6. The Morgan fingerprint density at radius 2 is 1.11 bits per heavy atom. The average molecular weight is 443 g/mol. The van der Waals surface area contributed by atoms with E-state index < -0.39 is 11.6 Å². The number of methoxy groups -OCH3 is 4. The third-order valence-electron chi connectivity index (χ3n) is 3.91. The van der Waals surface area contributed by atoms with Gasteiger partial charge in [-0.2, -0.15) is 0 Å². The van der Waals surface area contributed by atoms with Crippen molar-refractivity contribution >= 4 is 21.9 Å². The van der Waals surface area contributed by atoms with E-state index in [9.17, 15) is 15.0 Å². The van der Waals surface area contributed by atoms with Gasteiger partial charge in [-0.05, 0) is 30.1 Å². The molecule has 0 aliphatic rings. The second-order valence-corrected chi connectivity index (χ2v) is 5.16. The molecular formula is C19H23BrO7. The largest absolute Gasteiger partial charge is 0.493 e. The molecule has 0 spiro atoms. The van der Waals surface area contributed by atoms with Gasteiger partial charge in [0.05, 0.1) is 28.4 Å². The number of hydrogen-bond acceptors (Lipinski definition) is 6. The predicted octanol–water partition coefficient (Wildman–Crippen LogP) is 3.05. The van der Waals surface area contributed by atoms with Gasteiger partial charge < -0.3 is 29.2 Å². The van der Waals surface area contributed by atoms with Gasteiger partial charge in [0.1, 0.15) is 0 Å². The normalized spacial score (nSPS) is 10.3. The van der Waals surface area contributed by atoms with Crippen LogP contribution in [0.25, 0.3) is 0 Å². The number of aliphatic hydroxyl groups is 1. The Kier molecular flexibility index (Phi) is 8.39. The first-order valence-electron chi connectivity index (χ1n) is 7.70. The quantitative estimate of drug-likeness (QED) is 0.636. The first-order valence-corrected chi connectivity index (χ1v) is 9.29. The number of aliphatic carboxylic acids is 1. The Morgan fingerprint density at radius 3 is 1.37 bits per heavy atom. The molecule has 0 aromatic heterocycles. The van der Waals surface area contributed by atoms with E-state index in [4.69, 9.17) is 18.9 Å². The van der Waals surface area contributed by atoms with Gasteiger partial charge >= 0.3 is 5.97 Å². The minimum Gasteiger partial charge on any atom is -0.493 e. The second-order valence-electron chi connectivity index (χ2n) is 5.16. The summed E-state index contributed by atoms with van der Waals surface area (Å²) >= 11 is 2.94. The summed E-state index contributed by atoms with van der Waals surface area (Å²) in [5.74, 6) is 1.83. The van der Waals surface area contributed by atoms with Crippen LogP contribution in [0.4, 0.5) is 0 Å². The molecule has 0 amide bonds. The van der Waals surface area contributed by atoms with Gasteiger partial charge in [-0.1, -0.05) is 28.1 Å². The number of rotatable bonds is 7. The molecule has 0 aliphatic heterocycles. The molecule has 27 heavy (non-hydrogen) atoms. The molecule has 2 aromatic carbocycles. The SMILES string of the molecule is CBr.COc1ccc(C(O)(C(=O)O)c2ccc(OC)c(OC)c2)cc1OC. The van der Waals surface area contributed by atoms with Crippen molar-refractivity contribution in [2.24, 2.45) is 0 Å². The van der Waals surface area contributed by atoms with Crippen LogP contribution in [-0.2, 0) is 10.4 Å². The highest BCUT2D eigenvalue weighted by Gasteiger charge is 2.41. The molecule has 148 valence electrons. The Bertz CT molecular complexity index is 721. The molecule has 0 atom stereocenters. The van der Waals surface area contributed by atoms with Gasteiger partial charge in [-0.3, -0.25) is 0 Å². The lowest BCUT2D eigenvalue weighted by Gasteiger charge is -2.26. The van der Waals surface area contributed by atoms with Crippen molar-refractivity contribution in [3.8, 4) is 23.0 Å². The molecule has 2 aromatic rings. The van der Waals surface area contributed by atoms with Crippen molar-refractivity contribution in [2.75, 3.05) is 34.3 Å². The maximum absolute atomic E-state index is 11.9. The summed E-state index contributed by atoms with van der Waals surface area (Å²) in [5, 5.41) is 20.7. The van der Waals surface area contributed by atoms with E-state index >= 15 is 0 Å². The standard InChI is InChI=1S/C18H20O7.CH3Br/c1-22-13-7-5-11(9-15(13)24-3)18(21,17(19)20)12-6-8-14(23-2)16(10-12)25-4;1-2/h5-10,21H,1-4H3,(H,19,20);1H3. The number of ether oxygens (including phenoxy) is 4. The van der Waals surface area contributed by atoms with E-state index in [1.54, 1.807) is 0 Å². The molecule has 8 heteroatoms. The zero-order chi connectivity index (χ0) is 20.6. The van der Waals surface area contributed by atoms with Crippen molar-refractivity contribution in [3.63, 3.8) is 0 Å². The average Bonchev–Trinajstić information content (AvgIpc) is 2.73. The van der Waals surface area contributed by atoms with Gasteiger partial charge in [0.25, 0.3) is 0 Å². The van der Waals surface area contributed by atoms with Crippen molar-refractivity contribution in [1.82, 2.24) is 0 Å². The molecule has 2 rings (SSSR count). The van der Waals surface area contributed by atoms with Crippen LogP contribution in [0, 0.1) is 0 Å². The molecule has 0 fully saturated rings. The Morgan fingerprint density at radius 1 is 0.778 bits per heavy atom. The molecule has 2 N–H and O–H groups in total. The summed E-state index contributed by atoms with van der Waals surface area (Å²) in [5.41, 5.74) is -2.08. The van der Waals surface area contributed by atoms with Crippen LogP contribution < -0.4 is 18.9 Å². The molecule has 0 aliphatic carbocycles. The van der Waals surface area contributed by atoms with Crippen LogP contribution in [0.3, 0.4) is 0 Å². The molecule has 7 nitrogen and oxygen atoms in total. The smallest absolute Gasteiger partial charge is 0.345 e. The summed E-state index contributed by atoms with van der Waals surface area (Å²) < 4.78 is 20.7. The second kappa shape index (κ2) is 10.0. The van der Waals surface area contributed by atoms with Crippen LogP contribution in [0.15, 0.2) is 36.4 Å². The van der Waals surface area contributed by atoms with Gasteiger partial charge in [-0.25, -0.2) is 4.79 Å². The zero-order valence-electron chi connectivity index (χ0n) is 15.8. The number of carboxylic acid groups (broad SMARTS) is 1. The van der Waals surface area contributed by atoms with Crippen LogP contribution in [0.2, 0.25) is 0 Å². The van der Waals surface area contributed by atoms with E-state index in [1.807, 2.05) is 5.83 Å². The topological polar surface area (TPSA) is 94.5 Å². The minimum absolute atomic E-state index is 0.116. The third kappa shape index (κ3) is 4.45. The number of hydrogen-bond donors (Lipinski definition) is 2. The highest BCUT2D eigenvalue weighted by Crippen LogP contribution is 2.39. The van der Waals surface area contributed by atoms with Crippen LogP contribution >= 0.6 is 15.9 Å². The number of carboxylic acids is 1. The van der Waals surface area contributed by atoms with E-state index in [1.165, 1.54) is 64.8 Å². The fourth-order valence-corrected chi connectivity index (χ4v) is 2.54. The third-order valence-corrected chi connectivity index (χ3v) is 3.91. The number of halogens is 1. The Balaban J connectivity index is 0.00000176. The van der Waals surface area contributed by atoms with Crippen molar-refractivity contribution in [3.05, 3.63) is 47.5 Å². The molecule has 0 unspecified atom stereocenters. The summed E-state index contributed by atoms with van der Waals surface area (Å²) in [4.78, 5) is 11.9. The summed E-state index contributed by atoms with van der Waals surface area (Å²) in [6, 6.07) is 8.83. The molecule has 0 radical (unpaired) electrons. The zero-order valence-corrected chi connectivity index (χ0v) is 17.4. The van der Waals surface area contributed by atoms with Crippen LogP contribution in [0.1, 0.15) is 11.1 Å². The summed E-state index contributed by atoms with van der Waals surface area (Å²) in [7, 11) is 5.79. The lowest BCUT2D eigenvalue weighted by molar-refractivity contribution is -0.155. The minimum atomic E-state index is -2.31. The van der Waals surface area contributed by atoms with Gasteiger partial charge in [-0.15, -0.1) is 0 Å². The lowest BCUT2D eigenvalue weighted by atomic mass is 9.86. The van der Waals surface area contributed by atoms with Crippen LogP contribution in [0.5, 0.6) is 23.0 Å². The number of benzene rings is 2. The number of alkyl halides is 1.